The molecule has 0 bridgehead atoms. The lowest BCUT2D eigenvalue weighted by molar-refractivity contribution is -0.136. The predicted octanol–water partition coefficient (Wildman–Crippen LogP) is 0.508. The molecule has 2 N–H and O–H groups in total. The van der Waals surface area contributed by atoms with Crippen LogP contribution in [-0.4, -0.2) is 61.5 Å². The van der Waals surface area contributed by atoms with Gasteiger partial charge in [-0.3, -0.25) is 4.79 Å². The monoisotopic (exact) mass is 291 g/mol. The topological polar surface area (TPSA) is 75.9 Å². The standard InChI is InChI=1S/C15H21N3O3/c1-11-4-3-5-12(14(11)16)15(20)21-10-13(19)18-8-6-17(2)7-9-18/h3-5H,6-10,16H2,1-2H3. The summed E-state index contributed by atoms with van der Waals surface area (Å²) < 4.78 is 5.08. The quantitative estimate of drug-likeness (QED) is 0.648. The first kappa shape index (κ1) is 15.3. The van der Waals surface area contributed by atoms with Crippen LogP contribution < -0.4 is 5.73 Å². The number of carbonyl (C=O) groups excluding carboxylic acids is 2. The van der Waals surface area contributed by atoms with E-state index in [1.54, 1.807) is 17.0 Å². The third-order valence-corrected chi connectivity index (χ3v) is 3.73. The van der Waals surface area contributed by atoms with Gasteiger partial charge in [0, 0.05) is 31.9 Å². The highest BCUT2D eigenvalue weighted by Gasteiger charge is 2.21. The second-order valence-corrected chi connectivity index (χ2v) is 5.30. The van der Waals surface area contributed by atoms with Crippen molar-refractivity contribution in [1.29, 1.82) is 0 Å². The maximum Gasteiger partial charge on any atom is 0.340 e. The van der Waals surface area contributed by atoms with Crippen LogP contribution in [0.4, 0.5) is 5.69 Å². The molecule has 0 radical (unpaired) electrons. The Morgan fingerprint density at radius 3 is 2.57 bits per heavy atom. The molecule has 0 atom stereocenters. The van der Waals surface area contributed by atoms with Gasteiger partial charge in [-0.25, -0.2) is 4.79 Å². The van der Waals surface area contributed by atoms with Crippen LogP contribution in [-0.2, 0) is 9.53 Å². The Hall–Kier alpha value is -2.08. The average molecular weight is 291 g/mol. The highest BCUT2D eigenvalue weighted by atomic mass is 16.5. The second-order valence-electron chi connectivity index (χ2n) is 5.30. The lowest BCUT2D eigenvalue weighted by Gasteiger charge is -2.32. The van der Waals surface area contributed by atoms with Crippen LogP contribution in [0.25, 0.3) is 0 Å². The Bertz CT molecular complexity index is 537. The van der Waals surface area contributed by atoms with Gasteiger partial charge in [-0.2, -0.15) is 0 Å². The molecule has 0 saturated carbocycles. The number of aryl methyl sites for hydroxylation is 1. The Kier molecular flexibility index (Phi) is 4.80. The van der Waals surface area contributed by atoms with Crippen LogP contribution in [0.15, 0.2) is 18.2 Å². The molecular formula is C15H21N3O3. The molecule has 0 unspecified atom stereocenters. The molecule has 1 heterocycles. The van der Waals surface area contributed by atoms with Crippen molar-refractivity contribution in [2.75, 3.05) is 45.6 Å². The van der Waals surface area contributed by atoms with Gasteiger partial charge in [-0.15, -0.1) is 0 Å². The summed E-state index contributed by atoms with van der Waals surface area (Å²) in [6, 6.07) is 5.16. The van der Waals surface area contributed by atoms with Gasteiger partial charge >= 0.3 is 5.97 Å². The Morgan fingerprint density at radius 2 is 1.90 bits per heavy atom. The summed E-state index contributed by atoms with van der Waals surface area (Å²) in [5, 5.41) is 0. The van der Waals surface area contributed by atoms with Crippen LogP contribution in [0.1, 0.15) is 15.9 Å². The number of benzene rings is 1. The number of carbonyl (C=O) groups is 2. The average Bonchev–Trinajstić information content (AvgIpc) is 2.48. The zero-order chi connectivity index (χ0) is 15.4. The van der Waals surface area contributed by atoms with Gasteiger partial charge in [0.05, 0.1) is 5.56 Å². The summed E-state index contributed by atoms with van der Waals surface area (Å²) in [6.45, 7) is 4.59. The Balaban J connectivity index is 1.89. The largest absolute Gasteiger partial charge is 0.452 e. The first-order chi connectivity index (χ1) is 9.99. The number of para-hydroxylation sites is 1. The van der Waals surface area contributed by atoms with Crippen LogP contribution in [0.3, 0.4) is 0 Å². The van der Waals surface area contributed by atoms with Gasteiger partial charge in [0.2, 0.25) is 0 Å². The van der Waals surface area contributed by atoms with Crippen molar-refractivity contribution in [3.63, 3.8) is 0 Å². The van der Waals surface area contributed by atoms with Crippen LogP contribution in [0.2, 0.25) is 0 Å². The minimum Gasteiger partial charge on any atom is -0.452 e. The summed E-state index contributed by atoms with van der Waals surface area (Å²) in [4.78, 5) is 27.8. The molecule has 2 rings (SSSR count). The summed E-state index contributed by atoms with van der Waals surface area (Å²) >= 11 is 0. The third-order valence-electron chi connectivity index (χ3n) is 3.73. The Labute approximate surface area is 124 Å². The zero-order valence-electron chi connectivity index (χ0n) is 12.5. The fraction of sp³-hybridized carbons (Fsp3) is 0.467. The van der Waals surface area contributed by atoms with Crippen LogP contribution in [0.5, 0.6) is 0 Å². The molecular weight excluding hydrogens is 270 g/mol. The van der Waals surface area contributed by atoms with Crippen molar-refractivity contribution in [2.45, 2.75) is 6.92 Å². The minimum atomic E-state index is -0.557. The van der Waals surface area contributed by atoms with Crippen molar-refractivity contribution in [3.05, 3.63) is 29.3 Å². The van der Waals surface area contributed by atoms with Gasteiger partial charge < -0.3 is 20.3 Å². The number of anilines is 1. The van der Waals surface area contributed by atoms with Crippen molar-refractivity contribution in [2.24, 2.45) is 0 Å². The first-order valence-electron chi connectivity index (χ1n) is 6.97. The fourth-order valence-electron chi connectivity index (χ4n) is 2.21. The number of amides is 1. The molecule has 1 amide bonds. The highest BCUT2D eigenvalue weighted by Crippen LogP contribution is 2.17. The zero-order valence-corrected chi connectivity index (χ0v) is 12.5. The first-order valence-corrected chi connectivity index (χ1v) is 6.97. The van der Waals surface area contributed by atoms with Gasteiger partial charge in [0.25, 0.3) is 5.91 Å². The van der Waals surface area contributed by atoms with Crippen molar-refractivity contribution in [3.8, 4) is 0 Å². The van der Waals surface area contributed by atoms with Crippen LogP contribution in [0, 0.1) is 6.92 Å². The molecule has 1 fully saturated rings. The fourth-order valence-corrected chi connectivity index (χ4v) is 2.21. The van der Waals surface area contributed by atoms with E-state index in [0.717, 1.165) is 18.7 Å². The minimum absolute atomic E-state index is 0.164. The molecule has 114 valence electrons. The molecule has 1 aromatic rings. The molecule has 0 aliphatic carbocycles. The van der Waals surface area contributed by atoms with Gasteiger partial charge in [0.1, 0.15) is 0 Å². The number of nitrogen functional groups attached to an aromatic ring is 1. The maximum atomic E-state index is 12.0. The van der Waals surface area contributed by atoms with E-state index in [2.05, 4.69) is 4.90 Å². The SMILES string of the molecule is Cc1cccc(C(=O)OCC(=O)N2CCN(C)CC2)c1N. The van der Waals surface area contributed by atoms with E-state index in [4.69, 9.17) is 10.5 Å². The number of likely N-dealkylation sites (N-methyl/N-ethyl adjacent to an activating group) is 1. The van der Waals surface area contributed by atoms with Gasteiger partial charge in [-0.05, 0) is 25.6 Å². The van der Waals surface area contributed by atoms with E-state index >= 15 is 0 Å². The van der Waals surface area contributed by atoms with Crippen molar-refractivity contribution < 1.29 is 14.3 Å². The summed E-state index contributed by atoms with van der Waals surface area (Å²) in [5.41, 5.74) is 7.37. The van der Waals surface area contributed by atoms with Gasteiger partial charge in [0.15, 0.2) is 6.61 Å². The summed E-state index contributed by atoms with van der Waals surface area (Å²) in [7, 11) is 2.02. The van der Waals surface area contributed by atoms with Crippen molar-refractivity contribution >= 4 is 17.6 Å². The molecule has 21 heavy (non-hydrogen) atoms. The van der Waals surface area contributed by atoms with E-state index in [-0.39, 0.29) is 12.5 Å². The summed E-state index contributed by atoms with van der Waals surface area (Å²) in [5.74, 6) is -0.721. The molecule has 0 spiro atoms. The number of ether oxygens (including phenoxy) is 1. The number of hydrogen-bond donors (Lipinski definition) is 1. The molecule has 1 aliphatic rings. The lowest BCUT2D eigenvalue weighted by Crippen LogP contribution is -2.48. The third kappa shape index (κ3) is 3.72. The highest BCUT2D eigenvalue weighted by molar-refractivity contribution is 5.96. The van der Waals surface area contributed by atoms with E-state index in [1.807, 2.05) is 20.0 Å². The lowest BCUT2D eigenvalue weighted by atomic mass is 10.1. The predicted molar refractivity (Wildman–Crippen MR) is 80.0 cm³/mol. The summed E-state index contributed by atoms with van der Waals surface area (Å²) in [6.07, 6.45) is 0. The molecule has 6 heteroatoms. The molecule has 0 aromatic heterocycles. The van der Waals surface area contributed by atoms with Crippen LogP contribution >= 0.6 is 0 Å². The number of nitrogens with two attached hydrogens (primary N) is 1. The van der Waals surface area contributed by atoms with Crippen molar-refractivity contribution in [1.82, 2.24) is 9.80 Å². The van der Waals surface area contributed by atoms with Gasteiger partial charge in [-0.1, -0.05) is 12.1 Å². The number of piperazine rings is 1. The molecule has 6 nitrogen and oxygen atoms in total. The molecule has 1 aromatic carbocycles. The Morgan fingerprint density at radius 1 is 1.24 bits per heavy atom. The van der Waals surface area contributed by atoms with E-state index in [9.17, 15) is 9.59 Å². The second kappa shape index (κ2) is 6.58. The van der Waals surface area contributed by atoms with E-state index in [1.165, 1.54) is 0 Å². The van der Waals surface area contributed by atoms with E-state index < -0.39 is 5.97 Å². The maximum absolute atomic E-state index is 12.0. The number of nitrogens with zero attached hydrogens (tertiary/aromatic N) is 2. The smallest absolute Gasteiger partial charge is 0.340 e. The molecule has 1 aliphatic heterocycles. The van der Waals surface area contributed by atoms with E-state index in [0.29, 0.717) is 24.3 Å². The number of esters is 1. The normalized spacial score (nSPS) is 15.8. The number of hydrogen-bond acceptors (Lipinski definition) is 5. The molecule has 1 saturated heterocycles. The number of rotatable bonds is 3.